The molecular weight excluding hydrogens is 463 g/mol. The predicted octanol–water partition coefficient (Wildman–Crippen LogP) is 2.92. The molecule has 2 aromatic rings. The van der Waals surface area contributed by atoms with Crippen LogP contribution in [0.5, 0.6) is 0 Å². The zero-order chi connectivity index (χ0) is 19.4. The van der Waals surface area contributed by atoms with Crippen molar-refractivity contribution in [1.82, 2.24) is 9.13 Å². The van der Waals surface area contributed by atoms with Crippen molar-refractivity contribution in [2.75, 3.05) is 12.5 Å². The number of hydrogen-bond acceptors (Lipinski definition) is 4. The second-order valence-corrected chi connectivity index (χ2v) is 7.79. The Bertz CT molecular complexity index is 704. The van der Waals surface area contributed by atoms with Crippen LogP contribution in [0.4, 0.5) is 0 Å². The van der Waals surface area contributed by atoms with E-state index in [1.807, 2.05) is 72.4 Å². The van der Waals surface area contributed by atoms with Gasteiger partial charge in [-0.1, -0.05) is 23.5 Å². The first kappa shape index (κ1) is 25.9. The molecule has 2 aromatic heterocycles. The van der Waals surface area contributed by atoms with Gasteiger partial charge in [-0.15, -0.1) is 0 Å². The molecule has 11 heteroatoms. The summed E-state index contributed by atoms with van der Waals surface area (Å²) in [4.78, 5) is 0. The Balaban J connectivity index is 0.000000483. The summed E-state index contributed by atoms with van der Waals surface area (Å²) in [6.07, 6.45) is 11.1. The van der Waals surface area contributed by atoms with Crippen LogP contribution in [0.15, 0.2) is 46.9 Å². The van der Waals surface area contributed by atoms with E-state index in [1.165, 1.54) is 23.5 Å². The quantitative estimate of drug-likeness (QED) is 0.167. The standard InChI is InChI=1S/2C8H11N3S2.Ni/c2*1-11-5-3-4-7(11)6-9-10-8(12)13-2;/h2*3-6H,1-2H3,(H,10,12);. The Morgan fingerprint density at radius 2 is 1.26 bits per heavy atom. The van der Waals surface area contributed by atoms with E-state index in [-0.39, 0.29) is 16.5 Å². The molecule has 0 fully saturated rings. The monoisotopic (exact) mass is 484 g/mol. The molecule has 0 unspecified atom stereocenters. The maximum atomic E-state index is 4.08. The summed E-state index contributed by atoms with van der Waals surface area (Å²) >= 11 is 11.1. The van der Waals surface area contributed by atoms with Gasteiger partial charge in [0.25, 0.3) is 0 Å². The third-order valence-electron chi connectivity index (χ3n) is 3.00. The fourth-order valence-corrected chi connectivity index (χ4v) is 1.93. The molecule has 0 radical (unpaired) electrons. The van der Waals surface area contributed by atoms with E-state index in [1.54, 1.807) is 12.4 Å². The Morgan fingerprint density at radius 1 is 0.889 bits per heavy atom. The van der Waals surface area contributed by atoms with Crippen LogP contribution in [0, 0.1) is 0 Å². The minimum Gasteiger partial charge on any atom is -0.520 e. The van der Waals surface area contributed by atoms with Gasteiger partial charge in [-0.3, -0.25) is 0 Å². The molecule has 0 aliphatic carbocycles. The van der Waals surface area contributed by atoms with Gasteiger partial charge in [0.2, 0.25) is 0 Å². The first-order chi connectivity index (χ1) is 12.5. The van der Waals surface area contributed by atoms with E-state index < -0.39 is 0 Å². The molecular formula is C16H22N6NiS4. The molecule has 6 nitrogen and oxygen atoms in total. The molecule has 0 saturated heterocycles. The van der Waals surface area contributed by atoms with Crippen LogP contribution in [0.25, 0.3) is 10.9 Å². The number of nitrogens with zero attached hydrogens (tertiary/aromatic N) is 6. The number of aryl methyl sites for hydroxylation is 2. The van der Waals surface area contributed by atoms with Gasteiger partial charge in [0.1, 0.15) is 0 Å². The van der Waals surface area contributed by atoms with E-state index in [0.29, 0.717) is 8.64 Å². The van der Waals surface area contributed by atoms with Crippen LogP contribution < -0.4 is 0 Å². The molecule has 0 bridgehead atoms. The molecule has 2 rings (SSSR count). The van der Waals surface area contributed by atoms with Crippen LogP contribution >= 0.6 is 23.5 Å². The van der Waals surface area contributed by atoms with Gasteiger partial charge >= 0.3 is 0 Å². The van der Waals surface area contributed by atoms with Crippen molar-refractivity contribution in [3.05, 3.63) is 58.9 Å². The fourth-order valence-electron chi connectivity index (χ4n) is 1.57. The second kappa shape index (κ2) is 14.9. The van der Waals surface area contributed by atoms with Gasteiger partial charge in [-0.2, -0.15) is 0 Å². The molecule has 27 heavy (non-hydrogen) atoms. The van der Waals surface area contributed by atoms with E-state index in [4.69, 9.17) is 0 Å². The van der Waals surface area contributed by atoms with Crippen molar-refractivity contribution in [1.29, 1.82) is 0 Å². The van der Waals surface area contributed by atoms with Gasteiger partial charge < -0.3 is 30.2 Å². The molecule has 0 atom stereocenters. The van der Waals surface area contributed by atoms with Crippen molar-refractivity contribution < 1.29 is 16.5 Å². The second-order valence-electron chi connectivity index (χ2n) is 4.75. The average molecular weight is 485 g/mol. The first-order valence-corrected chi connectivity index (χ1v) is 10.7. The zero-order valence-corrected chi connectivity index (χ0v) is 19.7. The van der Waals surface area contributed by atoms with Gasteiger partial charge in [-0.05, 0) is 36.8 Å². The Labute approximate surface area is 189 Å². The van der Waals surface area contributed by atoms with Gasteiger partial charge in [-0.25, -0.2) is 0 Å². The summed E-state index contributed by atoms with van der Waals surface area (Å²) < 4.78 is 5.25. The minimum absolute atomic E-state index is 0. The summed E-state index contributed by atoms with van der Waals surface area (Å²) in [6.45, 7) is 0. The van der Waals surface area contributed by atoms with E-state index in [0.717, 1.165) is 11.4 Å². The van der Waals surface area contributed by atoms with Crippen LogP contribution in [-0.2, 0) is 55.0 Å². The Hall–Kier alpha value is -1.13. The number of hydrogen-bond donors (Lipinski definition) is 0. The summed E-state index contributed by atoms with van der Waals surface area (Å²) in [5.41, 5.74) is 9.76. The summed E-state index contributed by atoms with van der Waals surface area (Å²) in [5, 5.41) is 7.78. The molecule has 0 aliphatic rings. The molecule has 150 valence electrons. The van der Waals surface area contributed by atoms with E-state index >= 15 is 0 Å². The molecule has 2 heterocycles. The third-order valence-corrected chi connectivity index (χ3v) is 5.17. The van der Waals surface area contributed by atoms with Crippen molar-refractivity contribution in [3.8, 4) is 0 Å². The van der Waals surface area contributed by atoms with E-state index in [9.17, 15) is 0 Å². The SMILES string of the molecule is CSC(=[SH+])[N-]N=Cc1cccn1C.CSC(=[SH+])[N-]N=Cc1cccn1C.[Ni]. The Kier molecular flexibility index (Phi) is 14.3. The Morgan fingerprint density at radius 3 is 1.52 bits per heavy atom. The molecule has 0 spiro atoms. The summed E-state index contributed by atoms with van der Waals surface area (Å²) in [7, 11) is 3.92. The first-order valence-electron chi connectivity index (χ1n) is 7.38. The zero-order valence-electron chi connectivity index (χ0n) is 15.3. The smallest absolute Gasteiger partial charge is 0.174 e. The van der Waals surface area contributed by atoms with Crippen molar-refractivity contribution in [3.63, 3.8) is 0 Å². The number of thioether (sulfide) groups is 2. The molecule has 0 saturated carbocycles. The molecule has 0 N–H and O–H groups in total. The molecule has 0 amide bonds. The number of thiol groups is 2. The topological polar surface area (TPSA) is 62.8 Å². The normalized spacial score (nSPS) is 10.2. The number of aromatic nitrogens is 2. The van der Waals surface area contributed by atoms with Gasteiger partial charge in [0.15, 0.2) is 33.1 Å². The van der Waals surface area contributed by atoms with Crippen molar-refractivity contribution in [2.45, 2.75) is 0 Å². The van der Waals surface area contributed by atoms with Crippen LogP contribution in [0.3, 0.4) is 0 Å². The summed E-state index contributed by atoms with van der Waals surface area (Å²) in [6, 6.07) is 7.86. The van der Waals surface area contributed by atoms with Crippen molar-refractivity contribution in [2.24, 2.45) is 24.3 Å². The van der Waals surface area contributed by atoms with Crippen LogP contribution in [-0.4, -0.2) is 42.7 Å². The molecule has 0 aliphatic heterocycles. The van der Waals surface area contributed by atoms with Gasteiger partial charge in [0.05, 0.1) is 11.4 Å². The fraction of sp³-hybridized carbons (Fsp3) is 0.250. The predicted molar refractivity (Wildman–Crippen MR) is 127 cm³/mol. The average Bonchev–Trinajstić information content (AvgIpc) is 3.23. The maximum absolute atomic E-state index is 4.08. The van der Waals surface area contributed by atoms with Crippen LogP contribution in [0.1, 0.15) is 11.4 Å². The minimum atomic E-state index is 0. The van der Waals surface area contributed by atoms with Gasteiger partial charge in [0, 0.05) is 55.4 Å². The largest absolute Gasteiger partial charge is 0.520 e. The van der Waals surface area contributed by atoms with E-state index in [2.05, 4.69) is 45.5 Å². The van der Waals surface area contributed by atoms with Crippen molar-refractivity contribution >= 4 is 69.0 Å². The number of rotatable bonds is 4. The third kappa shape index (κ3) is 10.7. The maximum Gasteiger partial charge on any atom is 0.174 e. The molecule has 0 aromatic carbocycles. The van der Waals surface area contributed by atoms with Crippen LogP contribution in [0.2, 0.25) is 0 Å². The summed E-state index contributed by atoms with van der Waals surface area (Å²) in [5.74, 6) is 0.